The maximum atomic E-state index is 12.3. The van der Waals surface area contributed by atoms with E-state index in [-0.39, 0.29) is 12.2 Å². The Morgan fingerprint density at radius 2 is 1.81 bits per heavy atom. The summed E-state index contributed by atoms with van der Waals surface area (Å²) >= 11 is 0. The summed E-state index contributed by atoms with van der Waals surface area (Å²) in [6.45, 7) is 0.446. The molecule has 0 aliphatic carbocycles. The van der Waals surface area contributed by atoms with Gasteiger partial charge in [-0.25, -0.2) is 19.9 Å². The van der Waals surface area contributed by atoms with Crippen LogP contribution >= 0.6 is 0 Å². The molecule has 10 nitrogen and oxygen atoms in total. The van der Waals surface area contributed by atoms with Crippen LogP contribution in [-0.4, -0.2) is 54.6 Å². The van der Waals surface area contributed by atoms with E-state index >= 15 is 0 Å². The lowest BCUT2D eigenvalue weighted by Crippen LogP contribution is -2.35. The highest BCUT2D eigenvalue weighted by Gasteiger charge is 2.48. The van der Waals surface area contributed by atoms with Gasteiger partial charge in [0.1, 0.15) is 11.5 Å². The molecule has 0 aromatic carbocycles. The zero-order valence-electron chi connectivity index (χ0n) is 17.1. The smallest absolute Gasteiger partial charge is 0.262 e. The van der Waals surface area contributed by atoms with Gasteiger partial charge < -0.3 is 19.8 Å². The van der Waals surface area contributed by atoms with Gasteiger partial charge in [-0.05, 0) is 30.3 Å². The van der Waals surface area contributed by atoms with Gasteiger partial charge in [0, 0.05) is 38.5 Å². The van der Waals surface area contributed by atoms with Crippen LogP contribution in [0.5, 0.6) is 0 Å². The van der Waals surface area contributed by atoms with E-state index in [1.54, 1.807) is 37.6 Å². The Bertz CT molecular complexity index is 1280. The quantitative estimate of drug-likeness (QED) is 0.491. The average Bonchev–Trinajstić information content (AvgIpc) is 3.43. The second kappa shape index (κ2) is 7.82. The van der Waals surface area contributed by atoms with Gasteiger partial charge >= 0.3 is 0 Å². The number of carbonyl (C=O) groups is 1. The molecule has 1 fully saturated rings. The summed E-state index contributed by atoms with van der Waals surface area (Å²) in [5.74, 6) is 0.725. The number of pyridine rings is 2. The second-order valence-corrected chi connectivity index (χ2v) is 7.43. The number of anilines is 2. The number of hydrogen-bond acceptors (Lipinski definition) is 9. The van der Waals surface area contributed by atoms with Gasteiger partial charge in [0.05, 0.1) is 17.1 Å². The Kier molecular flexibility index (Phi) is 4.83. The fraction of sp³-hybridized carbons (Fsp3) is 0.182. The first-order chi connectivity index (χ1) is 15.5. The molecule has 5 rings (SSSR count). The van der Waals surface area contributed by atoms with Gasteiger partial charge in [-0.1, -0.05) is 17.3 Å². The van der Waals surface area contributed by atoms with Crippen LogP contribution in [0.2, 0.25) is 0 Å². The fourth-order valence-electron chi connectivity index (χ4n) is 3.51. The van der Waals surface area contributed by atoms with Crippen LogP contribution in [0, 0.1) is 0 Å². The van der Waals surface area contributed by atoms with Crippen LogP contribution in [0.15, 0.2) is 65.4 Å². The highest BCUT2D eigenvalue weighted by atomic mass is 16.5. The number of aromatic nitrogens is 5. The predicted molar refractivity (Wildman–Crippen MR) is 114 cm³/mol. The number of aliphatic hydroxyl groups is 1. The van der Waals surface area contributed by atoms with E-state index in [4.69, 9.17) is 4.52 Å². The molecule has 1 atom stereocenters. The van der Waals surface area contributed by atoms with Crippen molar-refractivity contribution in [2.75, 3.05) is 18.9 Å². The van der Waals surface area contributed by atoms with Gasteiger partial charge in [-0.15, -0.1) is 0 Å². The molecular formula is C22H19N7O3. The van der Waals surface area contributed by atoms with Crippen LogP contribution in [0.3, 0.4) is 0 Å². The van der Waals surface area contributed by atoms with E-state index in [1.807, 2.05) is 30.3 Å². The van der Waals surface area contributed by atoms with Crippen molar-refractivity contribution in [3.8, 4) is 22.8 Å². The Hall–Kier alpha value is -4.18. The van der Waals surface area contributed by atoms with Crippen molar-refractivity contribution in [1.82, 2.24) is 30.0 Å². The van der Waals surface area contributed by atoms with Crippen molar-refractivity contribution in [2.45, 2.75) is 12.0 Å². The summed E-state index contributed by atoms with van der Waals surface area (Å²) in [7, 11) is 1.64. The summed E-state index contributed by atoms with van der Waals surface area (Å²) in [6.07, 6.45) is 3.56. The van der Waals surface area contributed by atoms with Gasteiger partial charge in [-0.2, -0.15) is 0 Å². The van der Waals surface area contributed by atoms with Crippen LogP contribution in [-0.2, 0) is 10.4 Å². The highest BCUT2D eigenvalue weighted by molar-refractivity contribution is 5.87. The van der Waals surface area contributed by atoms with Gasteiger partial charge in [0.25, 0.3) is 5.91 Å². The maximum Gasteiger partial charge on any atom is 0.262 e. The molecule has 0 unspecified atom stereocenters. The van der Waals surface area contributed by atoms with Gasteiger partial charge in [0.2, 0.25) is 11.5 Å². The topological polar surface area (TPSA) is 130 Å². The maximum absolute atomic E-state index is 12.3. The summed E-state index contributed by atoms with van der Waals surface area (Å²) in [5, 5.41) is 17.8. The number of rotatable bonds is 5. The Morgan fingerprint density at radius 3 is 2.56 bits per heavy atom. The summed E-state index contributed by atoms with van der Waals surface area (Å²) in [4.78, 5) is 31.4. The Morgan fingerprint density at radius 1 is 1.00 bits per heavy atom. The molecular weight excluding hydrogens is 410 g/mol. The lowest BCUT2D eigenvalue weighted by atomic mass is 9.98. The van der Waals surface area contributed by atoms with Crippen molar-refractivity contribution >= 4 is 17.7 Å². The zero-order valence-corrected chi connectivity index (χ0v) is 17.1. The molecule has 1 saturated heterocycles. The minimum absolute atomic E-state index is 0.109. The number of likely N-dealkylation sites (N-methyl/N-ethyl adjacent to an activating group) is 1. The van der Waals surface area contributed by atoms with Crippen LogP contribution in [0.1, 0.15) is 12.2 Å². The number of nitrogens with zero attached hydrogens (tertiary/aromatic N) is 6. The van der Waals surface area contributed by atoms with Crippen LogP contribution in [0.25, 0.3) is 22.8 Å². The van der Waals surface area contributed by atoms with E-state index in [2.05, 4.69) is 30.4 Å². The molecule has 1 amide bonds. The fourth-order valence-corrected chi connectivity index (χ4v) is 3.51. The number of amides is 1. The zero-order chi connectivity index (χ0) is 22.1. The second-order valence-electron chi connectivity index (χ2n) is 7.43. The highest BCUT2D eigenvalue weighted by Crippen LogP contribution is 2.34. The Balaban J connectivity index is 1.42. The first kappa shape index (κ1) is 19.8. The van der Waals surface area contributed by atoms with Crippen molar-refractivity contribution in [3.05, 3.63) is 66.7 Å². The Labute approximate surface area is 183 Å². The molecule has 0 spiro atoms. The molecule has 1 aliphatic heterocycles. The van der Waals surface area contributed by atoms with E-state index in [0.29, 0.717) is 41.1 Å². The van der Waals surface area contributed by atoms with E-state index in [0.717, 1.165) is 0 Å². The molecule has 0 bridgehead atoms. The standard InChI is InChI=1S/C22H19N7O3/c1-29-12-9-22(31,20(29)30)18-13-17(28-32-18)15-6-4-5-14(25-15)16-8-11-24-21(26-16)27-19-7-2-3-10-23-19/h2-8,10-11,13,31H,9,12H2,1H3,(H,23,24,26,27)/t22-/m1/s1. The normalized spacial score (nSPS) is 18.2. The van der Waals surface area contributed by atoms with Gasteiger partial charge in [-0.3, -0.25) is 4.79 Å². The molecule has 0 saturated carbocycles. The molecule has 5 heterocycles. The number of carbonyl (C=O) groups excluding carboxylic acids is 1. The van der Waals surface area contributed by atoms with Crippen molar-refractivity contribution in [1.29, 1.82) is 0 Å². The molecule has 32 heavy (non-hydrogen) atoms. The molecule has 1 aliphatic rings. The minimum atomic E-state index is -1.70. The van der Waals surface area contributed by atoms with Crippen molar-refractivity contribution < 1.29 is 14.4 Å². The minimum Gasteiger partial charge on any atom is -0.373 e. The van der Waals surface area contributed by atoms with Crippen LogP contribution in [0.4, 0.5) is 11.8 Å². The molecule has 4 aromatic heterocycles. The molecule has 10 heteroatoms. The molecule has 4 aromatic rings. The monoisotopic (exact) mass is 429 g/mol. The molecule has 160 valence electrons. The predicted octanol–water partition coefficient (Wildman–Crippen LogP) is 2.38. The lowest BCUT2D eigenvalue weighted by Gasteiger charge is -2.16. The van der Waals surface area contributed by atoms with Crippen LogP contribution < -0.4 is 5.32 Å². The van der Waals surface area contributed by atoms with Crippen molar-refractivity contribution in [2.24, 2.45) is 0 Å². The van der Waals surface area contributed by atoms with E-state index < -0.39 is 11.5 Å². The van der Waals surface area contributed by atoms with E-state index in [9.17, 15) is 9.90 Å². The molecule has 0 radical (unpaired) electrons. The lowest BCUT2D eigenvalue weighted by molar-refractivity contribution is -0.144. The summed E-state index contributed by atoms with van der Waals surface area (Å²) < 4.78 is 5.33. The number of likely N-dealkylation sites (tertiary alicyclic amines) is 1. The van der Waals surface area contributed by atoms with Gasteiger partial charge in [0.15, 0.2) is 5.76 Å². The third-order valence-corrected chi connectivity index (χ3v) is 5.26. The third-order valence-electron chi connectivity index (χ3n) is 5.26. The third kappa shape index (κ3) is 3.56. The summed E-state index contributed by atoms with van der Waals surface area (Å²) in [6, 6.07) is 14.2. The number of hydrogen-bond donors (Lipinski definition) is 2. The first-order valence-electron chi connectivity index (χ1n) is 9.97. The summed E-state index contributed by atoms with van der Waals surface area (Å²) in [5.41, 5.74) is 0.455. The largest absolute Gasteiger partial charge is 0.373 e. The number of nitrogens with one attached hydrogen (secondary N) is 1. The first-order valence-corrected chi connectivity index (χ1v) is 9.97. The van der Waals surface area contributed by atoms with E-state index in [1.165, 1.54) is 4.90 Å². The average molecular weight is 429 g/mol. The SMILES string of the molecule is CN1CC[C@@](O)(c2cc(-c3cccc(-c4ccnc(Nc5ccccn5)n4)n3)no2)C1=O. The van der Waals surface area contributed by atoms with Crippen molar-refractivity contribution in [3.63, 3.8) is 0 Å². The molecule has 2 N–H and O–H groups in total.